The average Bonchev–Trinajstić information content (AvgIpc) is 4.06. The van der Waals surface area contributed by atoms with E-state index in [-0.39, 0.29) is 55.7 Å². The SMILES string of the molecule is CC(C)CC(CC(=O)NO)C(=O)N1CCC[C@H]1C(=O)N[C@@H](Cc1cnc[nH]1)C(=O)NCC(=O)NCC(=O)N[C@@H](CCCCNC(=O)CCCC[C@@H]1SC[C@@H]2NC(=O)N[C@@H]21)C(N)=O. The van der Waals surface area contributed by atoms with Crippen molar-refractivity contribution in [2.75, 3.05) is 31.9 Å². The number of primary amides is 1. The van der Waals surface area contributed by atoms with Gasteiger partial charge in [0.15, 0.2) is 0 Å². The number of rotatable bonds is 26. The van der Waals surface area contributed by atoms with E-state index >= 15 is 0 Å². The zero-order valence-corrected chi connectivity index (χ0v) is 36.1. The van der Waals surface area contributed by atoms with E-state index in [1.165, 1.54) is 17.4 Å². The van der Waals surface area contributed by atoms with Crippen LogP contribution in [0.1, 0.15) is 90.2 Å². The summed E-state index contributed by atoms with van der Waals surface area (Å²) in [5.74, 6) is -4.53. The normalized spacial score (nSPS) is 20.5. The summed E-state index contributed by atoms with van der Waals surface area (Å²) in [4.78, 5) is 122. The van der Waals surface area contributed by atoms with Crippen LogP contribution < -0.4 is 48.4 Å². The molecule has 23 heteroatoms. The molecular weight excluding hydrogens is 829 g/mol. The van der Waals surface area contributed by atoms with Gasteiger partial charge >= 0.3 is 6.03 Å². The molecule has 1 aromatic heterocycles. The lowest BCUT2D eigenvalue weighted by atomic mass is 9.92. The van der Waals surface area contributed by atoms with Gasteiger partial charge in [-0.05, 0) is 57.3 Å². The van der Waals surface area contributed by atoms with Gasteiger partial charge in [0.25, 0.3) is 0 Å². The summed E-state index contributed by atoms with van der Waals surface area (Å²) in [6.07, 6.45) is 7.89. The van der Waals surface area contributed by atoms with E-state index in [0.29, 0.717) is 56.0 Å². The van der Waals surface area contributed by atoms with Crippen LogP contribution in [-0.2, 0) is 44.8 Å². The number of hydrogen-bond donors (Lipinski definition) is 11. The Kier molecular flexibility index (Phi) is 19.7. The predicted octanol–water partition coefficient (Wildman–Crippen LogP) is -1.80. The number of aromatic amines is 1. The summed E-state index contributed by atoms with van der Waals surface area (Å²) in [6, 6.07) is -2.93. The standard InChI is InChI=1S/C39H62N12O10S/c1-22(2)14-23(15-31(53)50-61)38(59)51-13-7-9-28(51)37(58)47-26(16-24-17-41-21-45-24)36(57)44-18-32(54)43-19-33(55)46-25(35(40)56)8-5-6-12-42-30(52)11-4-3-10-29-34-27(20-62-29)48-39(60)49-34/h17,21-23,25-29,34,61H,3-16,18-20H2,1-2H3,(H2,40,56)(H,41,45)(H,42,52)(H,43,54)(H,44,57)(H,46,55)(H,47,58)(H,50,53)(H2,48,49,60)/t23?,25-,26-,27-,28-,29-,34-/m0/s1. The third-order valence-electron chi connectivity index (χ3n) is 11.0. The van der Waals surface area contributed by atoms with Gasteiger partial charge < -0.3 is 52.8 Å². The highest BCUT2D eigenvalue weighted by atomic mass is 32.2. The lowest BCUT2D eigenvalue weighted by molar-refractivity contribution is -0.145. The minimum atomic E-state index is -1.19. The smallest absolute Gasteiger partial charge is 0.315 e. The molecule has 0 spiro atoms. The quantitative estimate of drug-likeness (QED) is 0.0213. The number of urea groups is 1. The number of aromatic nitrogens is 2. The largest absolute Gasteiger partial charge is 0.368 e. The zero-order chi connectivity index (χ0) is 45.2. The molecule has 0 aliphatic carbocycles. The van der Waals surface area contributed by atoms with Crippen LogP contribution in [0.25, 0.3) is 0 Å². The number of nitrogens with two attached hydrogens (primary N) is 1. The van der Waals surface area contributed by atoms with Crippen LogP contribution >= 0.6 is 11.8 Å². The Hall–Kier alpha value is -5.45. The number of hydrogen-bond acceptors (Lipinski definition) is 12. The van der Waals surface area contributed by atoms with Crippen molar-refractivity contribution in [3.63, 3.8) is 0 Å². The molecule has 3 saturated heterocycles. The maximum absolute atomic E-state index is 13.6. The monoisotopic (exact) mass is 890 g/mol. The number of fused-ring (bicyclic) bond motifs is 1. The fraction of sp³-hybridized carbons (Fsp3) is 0.692. The molecule has 0 aromatic carbocycles. The number of carbonyl (C=O) groups is 9. The molecule has 344 valence electrons. The fourth-order valence-corrected chi connectivity index (χ4v) is 9.41. The van der Waals surface area contributed by atoms with Gasteiger partial charge in [0, 0.05) is 61.2 Å². The van der Waals surface area contributed by atoms with Crippen molar-refractivity contribution >= 4 is 65.1 Å². The predicted molar refractivity (Wildman–Crippen MR) is 224 cm³/mol. The van der Waals surface area contributed by atoms with Gasteiger partial charge in [-0.25, -0.2) is 15.3 Å². The minimum absolute atomic E-state index is 0.0295. The van der Waals surface area contributed by atoms with Crippen LogP contribution in [0.3, 0.4) is 0 Å². The number of nitrogens with zero attached hydrogens (tertiary/aromatic N) is 2. The maximum atomic E-state index is 13.6. The second kappa shape index (κ2) is 24.9. The Bertz CT molecular complexity index is 1730. The molecule has 4 heterocycles. The van der Waals surface area contributed by atoms with Gasteiger partial charge in [-0.1, -0.05) is 20.3 Å². The van der Waals surface area contributed by atoms with Gasteiger partial charge in [0.05, 0.1) is 31.5 Å². The first kappa shape index (κ1) is 49.2. The molecule has 1 unspecified atom stereocenters. The van der Waals surface area contributed by atoms with Crippen LogP contribution in [0, 0.1) is 11.8 Å². The summed E-state index contributed by atoms with van der Waals surface area (Å²) < 4.78 is 0. The first-order valence-electron chi connectivity index (χ1n) is 21.2. The molecule has 0 bridgehead atoms. The highest BCUT2D eigenvalue weighted by molar-refractivity contribution is 8.00. The Morgan fingerprint density at radius 1 is 0.935 bits per heavy atom. The molecule has 4 rings (SSSR count). The van der Waals surface area contributed by atoms with Gasteiger partial charge in [0.2, 0.25) is 47.3 Å². The van der Waals surface area contributed by atoms with E-state index in [9.17, 15) is 43.2 Å². The Morgan fingerprint density at radius 2 is 1.71 bits per heavy atom. The van der Waals surface area contributed by atoms with Crippen molar-refractivity contribution in [3.8, 4) is 0 Å². The molecule has 62 heavy (non-hydrogen) atoms. The number of thioether (sulfide) groups is 1. The molecule has 12 N–H and O–H groups in total. The van der Waals surface area contributed by atoms with Crippen molar-refractivity contribution in [2.45, 2.75) is 126 Å². The number of likely N-dealkylation sites (tertiary alicyclic amines) is 1. The lowest BCUT2D eigenvalue weighted by Crippen LogP contribution is -2.55. The van der Waals surface area contributed by atoms with E-state index in [4.69, 9.17) is 10.9 Å². The van der Waals surface area contributed by atoms with Gasteiger partial charge in [-0.15, -0.1) is 0 Å². The number of hydroxylamine groups is 1. The third kappa shape index (κ3) is 15.8. The molecule has 22 nitrogen and oxygen atoms in total. The van der Waals surface area contributed by atoms with E-state index < -0.39 is 78.5 Å². The topological polar surface area (TPSA) is 328 Å². The molecule has 3 aliphatic rings. The summed E-state index contributed by atoms with van der Waals surface area (Å²) in [7, 11) is 0. The van der Waals surface area contributed by atoms with Crippen LogP contribution in [0.5, 0.6) is 0 Å². The van der Waals surface area contributed by atoms with Crippen molar-refractivity contribution in [3.05, 3.63) is 18.2 Å². The molecular formula is C39H62N12O10S. The van der Waals surface area contributed by atoms with Crippen molar-refractivity contribution in [2.24, 2.45) is 17.6 Å². The van der Waals surface area contributed by atoms with Gasteiger partial charge in [0.1, 0.15) is 18.1 Å². The second-order valence-corrected chi connectivity index (χ2v) is 17.6. The summed E-state index contributed by atoms with van der Waals surface area (Å²) in [6.45, 7) is 3.36. The lowest BCUT2D eigenvalue weighted by Gasteiger charge is -2.30. The number of carbonyl (C=O) groups excluding carboxylic acids is 9. The van der Waals surface area contributed by atoms with Crippen LogP contribution in [0.15, 0.2) is 12.5 Å². The van der Waals surface area contributed by atoms with Crippen LogP contribution in [0.4, 0.5) is 4.79 Å². The molecule has 3 aliphatic heterocycles. The number of amides is 10. The highest BCUT2D eigenvalue weighted by Gasteiger charge is 2.43. The Morgan fingerprint density at radius 3 is 2.42 bits per heavy atom. The molecule has 7 atom stereocenters. The molecule has 0 radical (unpaired) electrons. The number of nitrogens with one attached hydrogen (secondary N) is 9. The number of unbranched alkanes of at least 4 members (excludes halogenated alkanes) is 2. The molecule has 10 amide bonds. The number of H-pyrrole nitrogens is 1. The van der Waals surface area contributed by atoms with Crippen molar-refractivity contribution in [1.82, 2.24) is 57.6 Å². The van der Waals surface area contributed by atoms with Crippen molar-refractivity contribution in [1.29, 1.82) is 0 Å². The Labute approximate surface area is 364 Å². The molecule has 0 saturated carbocycles. The van der Waals surface area contributed by atoms with E-state index in [2.05, 4.69) is 47.2 Å². The Balaban J connectivity index is 1.15. The zero-order valence-electron chi connectivity index (χ0n) is 35.3. The average molecular weight is 891 g/mol. The van der Waals surface area contributed by atoms with E-state index in [1.807, 2.05) is 25.6 Å². The number of imidazole rings is 1. The van der Waals surface area contributed by atoms with Crippen LogP contribution in [0.2, 0.25) is 0 Å². The van der Waals surface area contributed by atoms with Crippen molar-refractivity contribution < 1.29 is 48.4 Å². The van der Waals surface area contributed by atoms with E-state index in [1.54, 1.807) is 5.48 Å². The summed E-state index contributed by atoms with van der Waals surface area (Å²) in [5.41, 5.74) is 7.56. The second-order valence-electron chi connectivity index (χ2n) is 16.3. The van der Waals surface area contributed by atoms with Crippen LogP contribution in [-0.4, -0.2) is 141 Å². The highest BCUT2D eigenvalue weighted by Crippen LogP contribution is 2.33. The maximum Gasteiger partial charge on any atom is 0.315 e. The third-order valence-corrected chi connectivity index (χ3v) is 12.5. The summed E-state index contributed by atoms with van der Waals surface area (Å²) in [5, 5.41) is 28.1. The summed E-state index contributed by atoms with van der Waals surface area (Å²) >= 11 is 1.84. The van der Waals surface area contributed by atoms with E-state index in [0.717, 1.165) is 25.0 Å². The van der Waals surface area contributed by atoms with Gasteiger partial charge in [-0.2, -0.15) is 11.8 Å². The first-order valence-corrected chi connectivity index (χ1v) is 22.3. The first-order chi connectivity index (χ1) is 29.6. The molecule has 3 fully saturated rings. The van der Waals surface area contributed by atoms with Gasteiger partial charge in [-0.3, -0.25) is 43.6 Å². The fourth-order valence-electron chi connectivity index (χ4n) is 7.87. The minimum Gasteiger partial charge on any atom is -0.368 e. The molecule has 1 aromatic rings.